The normalized spacial score (nSPS) is 15.7. The Labute approximate surface area is 164 Å². The molecular weight excluding hydrogens is 384 g/mol. The molecule has 0 saturated heterocycles. The fraction of sp³-hybridized carbons (Fsp3) is 0.263. The van der Waals surface area contributed by atoms with Gasteiger partial charge in [0.05, 0.1) is 17.7 Å². The largest absolute Gasteiger partial charge is 0.733 e. The number of hydrogen-bond donors (Lipinski definition) is 3. The first-order valence-electron chi connectivity index (χ1n) is 8.65. The summed E-state index contributed by atoms with van der Waals surface area (Å²) in [6.45, 7) is 2.67. The third-order valence-electron chi connectivity index (χ3n) is 4.18. The van der Waals surface area contributed by atoms with Crippen LogP contribution in [0.4, 0.5) is 5.69 Å². The molecule has 0 bridgehead atoms. The molecule has 0 amide bonds. The molecule has 1 aromatic carbocycles. The number of carbonyl (C=O) groups is 1. The van der Waals surface area contributed by atoms with Crippen LogP contribution in [0.15, 0.2) is 51.0 Å². The second-order valence-electron chi connectivity index (χ2n) is 6.53. The zero-order valence-electron chi connectivity index (χ0n) is 15.6. The first-order chi connectivity index (χ1) is 13.7. The third-order valence-corrected chi connectivity index (χ3v) is 4.18. The second-order valence-corrected chi connectivity index (χ2v) is 6.53. The van der Waals surface area contributed by atoms with E-state index in [1.54, 1.807) is 19.9 Å². The zero-order chi connectivity index (χ0) is 21.3. The summed E-state index contributed by atoms with van der Waals surface area (Å²) in [5, 5.41) is 30.3. The van der Waals surface area contributed by atoms with Gasteiger partial charge in [-0.3, -0.25) is 10.0 Å². The summed E-state index contributed by atoms with van der Waals surface area (Å²) < 4.78 is 16.2. The predicted octanol–water partition coefficient (Wildman–Crippen LogP) is 1.47. The highest BCUT2D eigenvalue weighted by Gasteiger charge is 2.40. The number of aliphatic hydroxyl groups is 1. The van der Waals surface area contributed by atoms with Crippen molar-refractivity contribution in [3.05, 3.63) is 74.3 Å². The van der Waals surface area contributed by atoms with Crippen molar-refractivity contribution in [1.82, 2.24) is 0 Å². The second kappa shape index (κ2) is 7.95. The zero-order valence-corrected chi connectivity index (χ0v) is 15.6. The molecule has 3 rings (SSSR count). The van der Waals surface area contributed by atoms with Crippen LogP contribution in [0, 0.1) is 5.21 Å². The summed E-state index contributed by atoms with van der Waals surface area (Å²) in [7, 11) is 0. The Bertz CT molecular complexity index is 1030. The fourth-order valence-corrected chi connectivity index (χ4v) is 3.06. The maximum Gasteiger partial charge on any atom is 0.340 e. The molecule has 1 atom stereocenters. The lowest BCUT2D eigenvalue weighted by Gasteiger charge is -2.31. The minimum atomic E-state index is -1.20. The summed E-state index contributed by atoms with van der Waals surface area (Å²) in [6.07, 6.45) is -0.496. The Balaban J connectivity index is 2.32. The van der Waals surface area contributed by atoms with Gasteiger partial charge in [0.2, 0.25) is 17.1 Å². The van der Waals surface area contributed by atoms with Gasteiger partial charge in [-0.1, -0.05) is 18.2 Å². The van der Waals surface area contributed by atoms with Crippen molar-refractivity contribution in [2.45, 2.75) is 32.5 Å². The SMILES string of the molecule is CC(C)OC(=O)C1=C(N)Oc2c(oc(CO)cc2=O)[C@H]1c1ccccc1N([O-])O. The number of rotatable bonds is 5. The summed E-state index contributed by atoms with van der Waals surface area (Å²) in [4.78, 5) is 25.2. The first-order valence-corrected chi connectivity index (χ1v) is 8.65. The van der Waals surface area contributed by atoms with Gasteiger partial charge < -0.3 is 35.2 Å². The Morgan fingerprint density at radius 3 is 2.69 bits per heavy atom. The highest BCUT2D eigenvalue weighted by Crippen LogP contribution is 2.44. The molecule has 0 unspecified atom stereocenters. The first kappa shape index (κ1) is 20.4. The molecule has 4 N–H and O–H groups in total. The van der Waals surface area contributed by atoms with Crippen LogP contribution in [0.5, 0.6) is 5.75 Å². The molecule has 1 aliphatic heterocycles. The van der Waals surface area contributed by atoms with Gasteiger partial charge in [0, 0.05) is 6.07 Å². The summed E-state index contributed by atoms with van der Waals surface area (Å²) >= 11 is 0. The minimum absolute atomic E-state index is 0.0835. The van der Waals surface area contributed by atoms with Crippen LogP contribution in [-0.4, -0.2) is 22.4 Å². The van der Waals surface area contributed by atoms with Crippen molar-refractivity contribution in [2.75, 3.05) is 5.23 Å². The molecular formula is C19H19N2O8-. The van der Waals surface area contributed by atoms with Gasteiger partial charge in [0.1, 0.15) is 17.9 Å². The van der Waals surface area contributed by atoms with E-state index in [1.165, 1.54) is 18.2 Å². The smallest absolute Gasteiger partial charge is 0.340 e. The van der Waals surface area contributed by atoms with Crippen LogP contribution in [0.25, 0.3) is 0 Å². The van der Waals surface area contributed by atoms with E-state index >= 15 is 0 Å². The molecule has 0 aliphatic carbocycles. The van der Waals surface area contributed by atoms with Gasteiger partial charge in [-0.15, -0.1) is 0 Å². The monoisotopic (exact) mass is 403 g/mol. The number of fused-ring (bicyclic) bond motifs is 1. The number of anilines is 1. The third kappa shape index (κ3) is 3.81. The molecule has 0 fully saturated rings. The number of hydrogen-bond acceptors (Lipinski definition) is 10. The molecule has 1 aliphatic rings. The highest BCUT2D eigenvalue weighted by atomic mass is 16.8. The van der Waals surface area contributed by atoms with Crippen LogP contribution in [-0.2, 0) is 16.1 Å². The Hall–Kier alpha value is -3.34. The van der Waals surface area contributed by atoms with E-state index < -0.39 is 35.9 Å². The van der Waals surface area contributed by atoms with Crippen molar-refractivity contribution in [1.29, 1.82) is 0 Å². The van der Waals surface area contributed by atoms with Crippen molar-refractivity contribution >= 4 is 11.7 Å². The van der Waals surface area contributed by atoms with Crippen molar-refractivity contribution in [2.24, 2.45) is 5.73 Å². The van der Waals surface area contributed by atoms with Gasteiger partial charge >= 0.3 is 5.97 Å². The van der Waals surface area contributed by atoms with E-state index in [0.717, 1.165) is 6.07 Å². The molecule has 2 heterocycles. The molecule has 0 radical (unpaired) electrons. The van der Waals surface area contributed by atoms with Gasteiger partial charge in [-0.2, -0.15) is 0 Å². The van der Waals surface area contributed by atoms with Gasteiger partial charge in [0.25, 0.3) is 0 Å². The lowest BCUT2D eigenvalue weighted by Crippen LogP contribution is -2.31. The Kier molecular flexibility index (Phi) is 5.59. The van der Waals surface area contributed by atoms with Gasteiger partial charge in [-0.25, -0.2) is 4.79 Å². The number of aliphatic hydroxyl groups excluding tert-OH is 1. The van der Waals surface area contributed by atoms with E-state index in [-0.39, 0.29) is 39.3 Å². The summed E-state index contributed by atoms with van der Waals surface area (Å²) in [6, 6.07) is 6.86. The quantitative estimate of drug-likeness (QED) is 0.493. The number of benzene rings is 1. The average Bonchev–Trinajstić information content (AvgIpc) is 2.66. The van der Waals surface area contributed by atoms with Crippen molar-refractivity contribution < 1.29 is 29.0 Å². The van der Waals surface area contributed by atoms with Crippen LogP contribution in [0.2, 0.25) is 0 Å². The van der Waals surface area contributed by atoms with Crippen molar-refractivity contribution in [3.8, 4) is 5.75 Å². The lowest BCUT2D eigenvalue weighted by atomic mass is 9.85. The maximum atomic E-state index is 12.8. The van der Waals surface area contributed by atoms with E-state index in [0.29, 0.717) is 0 Å². The molecule has 10 nitrogen and oxygen atoms in total. The number of esters is 1. The lowest BCUT2D eigenvalue weighted by molar-refractivity contribution is -0.143. The molecule has 0 spiro atoms. The molecule has 2 aromatic rings. The fourth-order valence-electron chi connectivity index (χ4n) is 3.06. The molecule has 29 heavy (non-hydrogen) atoms. The van der Waals surface area contributed by atoms with Gasteiger partial charge in [0.15, 0.2) is 5.76 Å². The number of carbonyl (C=O) groups excluding carboxylic acids is 1. The highest BCUT2D eigenvalue weighted by molar-refractivity contribution is 5.93. The number of nitrogens with zero attached hydrogens (tertiary/aromatic N) is 1. The standard InChI is InChI=1S/C19H19N2O8/c1-9(2)27-19(24)15-14(11-5-3-4-6-12(11)21(25)26)17-16(29-18(15)20)13(23)7-10(8-22)28-17/h3-7,9,14,22,25H,8,20H2,1-2H3/q-1/t14-/m0/s1. The Morgan fingerprint density at radius 1 is 1.38 bits per heavy atom. The topological polar surface area (TPSA) is 159 Å². The van der Waals surface area contributed by atoms with Crippen LogP contribution in [0.1, 0.15) is 36.8 Å². The molecule has 1 aromatic heterocycles. The van der Waals surface area contributed by atoms with E-state index in [1.807, 2.05) is 0 Å². The van der Waals surface area contributed by atoms with E-state index in [9.17, 15) is 25.1 Å². The summed E-state index contributed by atoms with van der Waals surface area (Å²) in [5.74, 6) is -2.99. The predicted molar refractivity (Wildman–Crippen MR) is 99.9 cm³/mol. The van der Waals surface area contributed by atoms with Gasteiger partial charge in [-0.05, 0) is 25.5 Å². The van der Waals surface area contributed by atoms with E-state index in [2.05, 4.69) is 0 Å². The maximum absolute atomic E-state index is 12.8. The Morgan fingerprint density at radius 2 is 2.07 bits per heavy atom. The number of para-hydroxylation sites is 1. The van der Waals surface area contributed by atoms with Crippen LogP contribution >= 0.6 is 0 Å². The summed E-state index contributed by atoms with van der Waals surface area (Å²) in [5.41, 5.74) is 5.00. The molecule has 154 valence electrons. The number of ether oxygens (including phenoxy) is 2. The number of nitrogens with two attached hydrogens (primary N) is 1. The van der Waals surface area contributed by atoms with Crippen LogP contribution < -0.4 is 21.1 Å². The van der Waals surface area contributed by atoms with Crippen LogP contribution in [0.3, 0.4) is 0 Å². The minimum Gasteiger partial charge on any atom is -0.733 e. The molecule has 10 heteroatoms. The van der Waals surface area contributed by atoms with E-state index in [4.69, 9.17) is 19.6 Å². The van der Waals surface area contributed by atoms with Crippen molar-refractivity contribution in [3.63, 3.8) is 0 Å². The molecule has 0 saturated carbocycles. The average molecular weight is 403 g/mol.